The van der Waals surface area contributed by atoms with E-state index in [2.05, 4.69) is 15.6 Å². The van der Waals surface area contributed by atoms with Crippen LogP contribution in [0.2, 0.25) is 0 Å². The highest BCUT2D eigenvalue weighted by Gasteiger charge is 2.23. The number of nitrogens with one attached hydrogen (secondary N) is 3. The molecule has 0 saturated heterocycles. The van der Waals surface area contributed by atoms with Gasteiger partial charge < -0.3 is 21.4 Å². The lowest BCUT2D eigenvalue weighted by Crippen LogP contribution is -2.52. The Hall–Kier alpha value is -2.83. The van der Waals surface area contributed by atoms with E-state index in [1.54, 1.807) is 13.1 Å². The Kier molecular flexibility index (Phi) is 5.00. The Balaban J connectivity index is 2.11. The van der Waals surface area contributed by atoms with E-state index in [0.29, 0.717) is 0 Å². The zero-order valence-electron chi connectivity index (χ0n) is 13.1. The van der Waals surface area contributed by atoms with Crippen LogP contribution in [-0.4, -0.2) is 34.8 Å². The number of H-pyrrole nitrogens is 1. The summed E-state index contributed by atoms with van der Waals surface area (Å²) < 4.78 is 0. The number of fused-ring (bicyclic) bond motifs is 1. The SMILES string of the molecule is CC(=O)NC(C)C(=O)N[C@H](Cc1c[nH]c2ccccc12)C(N)=O. The molecule has 2 aromatic rings. The van der Waals surface area contributed by atoms with E-state index in [1.807, 2.05) is 24.3 Å². The maximum absolute atomic E-state index is 12.0. The van der Waals surface area contributed by atoms with Crippen LogP contribution < -0.4 is 16.4 Å². The highest BCUT2D eigenvalue weighted by Crippen LogP contribution is 2.19. The predicted octanol–water partition coefficient (Wildman–Crippen LogP) is 0.205. The first-order valence-electron chi connectivity index (χ1n) is 7.30. The third-order valence-corrected chi connectivity index (χ3v) is 3.57. The van der Waals surface area contributed by atoms with Crippen LogP contribution in [0.5, 0.6) is 0 Å². The summed E-state index contributed by atoms with van der Waals surface area (Å²) in [4.78, 5) is 37.8. The first-order valence-corrected chi connectivity index (χ1v) is 7.30. The van der Waals surface area contributed by atoms with E-state index in [1.165, 1.54) is 6.92 Å². The van der Waals surface area contributed by atoms with Crippen molar-refractivity contribution in [2.24, 2.45) is 5.73 Å². The maximum Gasteiger partial charge on any atom is 0.242 e. The van der Waals surface area contributed by atoms with Gasteiger partial charge in [-0.15, -0.1) is 0 Å². The second kappa shape index (κ2) is 6.95. The second-order valence-corrected chi connectivity index (χ2v) is 5.45. The molecular weight excluding hydrogens is 296 g/mol. The number of hydrogen-bond donors (Lipinski definition) is 4. The van der Waals surface area contributed by atoms with Gasteiger partial charge in [0.1, 0.15) is 12.1 Å². The van der Waals surface area contributed by atoms with Crippen molar-refractivity contribution in [3.63, 3.8) is 0 Å². The highest BCUT2D eigenvalue weighted by molar-refractivity contribution is 5.92. The number of rotatable bonds is 6. The number of aromatic amines is 1. The number of hydrogen-bond acceptors (Lipinski definition) is 3. The first-order chi connectivity index (χ1) is 10.9. The lowest BCUT2D eigenvalue weighted by molar-refractivity contribution is -0.130. The van der Waals surface area contributed by atoms with Gasteiger partial charge in [0.15, 0.2) is 0 Å². The molecule has 1 aromatic carbocycles. The monoisotopic (exact) mass is 316 g/mol. The van der Waals surface area contributed by atoms with Crippen molar-refractivity contribution in [3.8, 4) is 0 Å². The summed E-state index contributed by atoms with van der Waals surface area (Å²) in [5.74, 6) is -1.40. The third kappa shape index (κ3) is 4.09. The Morgan fingerprint density at radius 3 is 2.57 bits per heavy atom. The topological polar surface area (TPSA) is 117 Å². The van der Waals surface area contributed by atoms with Crippen molar-refractivity contribution in [1.29, 1.82) is 0 Å². The van der Waals surface area contributed by atoms with Gasteiger partial charge in [-0.05, 0) is 18.6 Å². The van der Waals surface area contributed by atoms with Crippen LogP contribution in [-0.2, 0) is 20.8 Å². The Bertz CT molecular complexity index is 738. The Morgan fingerprint density at radius 1 is 1.22 bits per heavy atom. The molecule has 1 unspecified atom stereocenters. The van der Waals surface area contributed by atoms with Crippen molar-refractivity contribution in [2.75, 3.05) is 0 Å². The molecule has 1 heterocycles. The van der Waals surface area contributed by atoms with Gasteiger partial charge in [-0.1, -0.05) is 18.2 Å². The largest absolute Gasteiger partial charge is 0.368 e. The number of aromatic nitrogens is 1. The molecule has 0 saturated carbocycles. The molecule has 2 atom stereocenters. The fourth-order valence-corrected chi connectivity index (χ4v) is 2.41. The van der Waals surface area contributed by atoms with Crippen LogP contribution in [0.3, 0.4) is 0 Å². The third-order valence-electron chi connectivity index (χ3n) is 3.57. The van der Waals surface area contributed by atoms with Gasteiger partial charge in [-0.25, -0.2) is 0 Å². The number of benzene rings is 1. The minimum absolute atomic E-state index is 0.276. The fraction of sp³-hybridized carbons (Fsp3) is 0.312. The van der Waals surface area contributed by atoms with E-state index >= 15 is 0 Å². The number of nitrogens with two attached hydrogens (primary N) is 1. The molecule has 0 fully saturated rings. The van der Waals surface area contributed by atoms with Crippen molar-refractivity contribution in [1.82, 2.24) is 15.6 Å². The van der Waals surface area contributed by atoms with E-state index in [4.69, 9.17) is 5.73 Å². The smallest absolute Gasteiger partial charge is 0.242 e. The molecular formula is C16H20N4O3. The van der Waals surface area contributed by atoms with Gasteiger partial charge in [-0.3, -0.25) is 14.4 Å². The predicted molar refractivity (Wildman–Crippen MR) is 86.4 cm³/mol. The molecule has 0 bridgehead atoms. The molecule has 0 aliphatic rings. The molecule has 23 heavy (non-hydrogen) atoms. The van der Waals surface area contributed by atoms with Crippen LogP contribution in [0.1, 0.15) is 19.4 Å². The fourth-order valence-electron chi connectivity index (χ4n) is 2.41. The van der Waals surface area contributed by atoms with Gasteiger partial charge in [0.05, 0.1) is 0 Å². The Labute approximate surface area is 133 Å². The molecule has 7 heteroatoms. The normalized spacial score (nSPS) is 13.3. The molecule has 0 spiro atoms. The van der Waals surface area contributed by atoms with Gasteiger partial charge in [0.25, 0.3) is 0 Å². The zero-order chi connectivity index (χ0) is 17.0. The standard InChI is InChI=1S/C16H20N4O3/c1-9(19-10(2)21)16(23)20-14(15(17)22)7-11-8-18-13-6-4-3-5-12(11)13/h3-6,8-9,14,18H,7H2,1-2H3,(H2,17,22)(H,19,21)(H,20,23)/t9?,14-/m1/s1. The van der Waals surface area contributed by atoms with Crippen molar-refractivity contribution in [2.45, 2.75) is 32.4 Å². The molecule has 3 amide bonds. The van der Waals surface area contributed by atoms with E-state index in [9.17, 15) is 14.4 Å². The minimum atomic E-state index is -0.849. The van der Waals surface area contributed by atoms with Gasteiger partial charge in [-0.2, -0.15) is 0 Å². The number of para-hydroxylation sites is 1. The molecule has 5 N–H and O–H groups in total. The summed E-state index contributed by atoms with van der Waals surface area (Å²) in [5, 5.41) is 6.02. The molecule has 0 radical (unpaired) electrons. The summed E-state index contributed by atoms with van der Waals surface area (Å²) in [6, 6.07) is 6.08. The van der Waals surface area contributed by atoms with Crippen LogP contribution in [0.25, 0.3) is 10.9 Å². The van der Waals surface area contributed by atoms with Crippen LogP contribution >= 0.6 is 0 Å². The summed E-state index contributed by atoms with van der Waals surface area (Å²) in [6.07, 6.45) is 2.07. The second-order valence-electron chi connectivity index (χ2n) is 5.45. The number of carbonyl (C=O) groups excluding carboxylic acids is 3. The first kappa shape index (κ1) is 16.5. The number of amides is 3. The molecule has 0 aliphatic heterocycles. The van der Waals surface area contributed by atoms with Crippen LogP contribution in [0, 0.1) is 0 Å². The maximum atomic E-state index is 12.0. The van der Waals surface area contributed by atoms with Crippen LogP contribution in [0.4, 0.5) is 0 Å². The molecule has 1 aromatic heterocycles. The van der Waals surface area contributed by atoms with E-state index in [0.717, 1.165) is 16.5 Å². The van der Waals surface area contributed by atoms with Gasteiger partial charge in [0, 0.05) is 30.4 Å². The summed E-state index contributed by atoms with van der Waals surface area (Å²) in [6.45, 7) is 2.86. The minimum Gasteiger partial charge on any atom is -0.368 e. The molecule has 0 aliphatic carbocycles. The van der Waals surface area contributed by atoms with Gasteiger partial charge in [0.2, 0.25) is 17.7 Å². The van der Waals surface area contributed by atoms with E-state index in [-0.39, 0.29) is 12.3 Å². The quantitative estimate of drug-likeness (QED) is 0.610. The van der Waals surface area contributed by atoms with Crippen LogP contribution in [0.15, 0.2) is 30.5 Å². The summed E-state index contributed by atoms with van der Waals surface area (Å²) >= 11 is 0. The highest BCUT2D eigenvalue weighted by atomic mass is 16.2. The Morgan fingerprint density at radius 2 is 1.91 bits per heavy atom. The molecule has 2 rings (SSSR count). The number of primary amides is 1. The molecule has 122 valence electrons. The van der Waals surface area contributed by atoms with Gasteiger partial charge >= 0.3 is 0 Å². The summed E-state index contributed by atoms with van der Waals surface area (Å²) in [5.41, 5.74) is 7.23. The average Bonchev–Trinajstić information content (AvgIpc) is 2.89. The zero-order valence-corrected chi connectivity index (χ0v) is 13.1. The molecule has 7 nitrogen and oxygen atoms in total. The number of carbonyl (C=O) groups is 3. The van der Waals surface area contributed by atoms with Crippen molar-refractivity contribution >= 4 is 28.6 Å². The van der Waals surface area contributed by atoms with Crippen molar-refractivity contribution < 1.29 is 14.4 Å². The lowest BCUT2D eigenvalue weighted by atomic mass is 10.0. The summed E-state index contributed by atoms with van der Waals surface area (Å²) in [7, 11) is 0. The van der Waals surface area contributed by atoms with Crippen molar-refractivity contribution in [3.05, 3.63) is 36.0 Å². The lowest BCUT2D eigenvalue weighted by Gasteiger charge is -2.18. The average molecular weight is 316 g/mol. The van der Waals surface area contributed by atoms with E-state index < -0.39 is 23.9 Å².